The number of phenolic OH excluding ortho intramolecular Hbond substituents is 1. The van der Waals surface area contributed by atoms with Crippen molar-refractivity contribution >= 4 is 53.2 Å². The second kappa shape index (κ2) is 26.0. The highest BCUT2D eigenvalue weighted by molar-refractivity contribution is 5.99. The fraction of sp³-hybridized carbons (Fsp3) is 0.580. The molecule has 0 bridgehead atoms. The Morgan fingerprint density at radius 1 is 0.803 bits per heavy atom. The van der Waals surface area contributed by atoms with Crippen LogP contribution in [0.25, 0.3) is 0 Å². The maximum absolute atomic E-state index is 14.9. The van der Waals surface area contributed by atoms with Crippen LogP contribution >= 0.6 is 0 Å². The minimum atomic E-state index is -1.86. The van der Waals surface area contributed by atoms with E-state index < -0.39 is 126 Å². The fourth-order valence-corrected chi connectivity index (χ4v) is 8.65. The molecule has 21 heteroatoms. The number of hydrogen-bond acceptors (Lipinski definition) is 13. The summed E-state index contributed by atoms with van der Waals surface area (Å²) in [6, 6.07) is 4.48. The lowest BCUT2D eigenvalue weighted by molar-refractivity contribution is -0.158. The summed E-state index contributed by atoms with van der Waals surface area (Å²) in [5.74, 6) is -9.23. The van der Waals surface area contributed by atoms with Gasteiger partial charge < -0.3 is 61.8 Å². The molecule has 10 atom stereocenters. The van der Waals surface area contributed by atoms with E-state index in [4.69, 9.17) is 15.2 Å². The maximum atomic E-state index is 14.9. The van der Waals surface area contributed by atoms with Crippen molar-refractivity contribution < 1.29 is 62.8 Å². The summed E-state index contributed by atoms with van der Waals surface area (Å²) in [7, 11) is 2.79. The summed E-state index contributed by atoms with van der Waals surface area (Å²) in [5.41, 5.74) is 6.61. The summed E-state index contributed by atoms with van der Waals surface area (Å²) >= 11 is 0. The smallest absolute Gasteiger partial charge is 0.329 e. The number of benzene rings is 2. The number of nitrogens with two attached hydrogens (primary N) is 1. The third kappa shape index (κ3) is 15.9. The number of ether oxygens (including phenoxy) is 2. The number of aliphatic hydroxyl groups excluding tert-OH is 1. The van der Waals surface area contributed by atoms with Gasteiger partial charge >= 0.3 is 5.97 Å². The van der Waals surface area contributed by atoms with Gasteiger partial charge in [0.25, 0.3) is 0 Å². The molecule has 71 heavy (non-hydrogen) atoms. The van der Waals surface area contributed by atoms with Gasteiger partial charge in [-0.2, -0.15) is 0 Å². The largest absolute Gasteiger partial charge is 0.508 e. The van der Waals surface area contributed by atoms with Crippen LogP contribution in [0.15, 0.2) is 54.6 Å². The lowest BCUT2D eigenvalue weighted by atomic mass is 9.98. The Kier molecular flexibility index (Phi) is 20.9. The molecule has 390 valence electrons. The topological polar surface area (TPSA) is 305 Å². The number of methoxy groups -OCH3 is 1. The molecular weight excluding hydrogens is 921 g/mol. The molecule has 0 saturated carbocycles. The SMILES string of the molecule is CO[C@@H]1CC[C@@H]2C(=O)N[C@@H](CC(C)C)C(=O)N(C)[C@@H](Cc3ccccc3)C(=O)N[C@@H](C(C)C)C(=O)O[C@H](C)[C@H](NC(=O)[C@H](CC(N)=O)NC(=O)[C@H](O)Cc3ccc(O)cc3)C(=O)N[C@@H](CC(C)C)C(=O)N21. The number of esters is 1. The molecule has 0 aliphatic carbocycles. The summed E-state index contributed by atoms with van der Waals surface area (Å²) in [6.45, 7) is 11.8. The molecule has 4 rings (SSSR count). The molecule has 0 aromatic heterocycles. The lowest BCUT2D eigenvalue weighted by Crippen LogP contribution is -2.62. The number of rotatable bonds is 16. The number of nitrogens with one attached hydrogen (secondary N) is 5. The van der Waals surface area contributed by atoms with Gasteiger partial charge in [-0.25, -0.2) is 4.79 Å². The first-order valence-electron chi connectivity index (χ1n) is 24.0. The van der Waals surface area contributed by atoms with E-state index in [0.717, 1.165) is 0 Å². The quantitative estimate of drug-likeness (QED) is 0.105. The predicted molar refractivity (Wildman–Crippen MR) is 258 cm³/mol. The van der Waals surface area contributed by atoms with E-state index in [-0.39, 0.29) is 56.1 Å². The van der Waals surface area contributed by atoms with Crippen molar-refractivity contribution in [1.29, 1.82) is 0 Å². The van der Waals surface area contributed by atoms with Gasteiger partial charge in [-0.05, 0) is 73.6 Å². The Morgan fingerprint density at radius 3 is 1.96 bits per heavy atom. The van der Waals surface area contributed by atoms with Gasteiger partial charge in [0.1, 0.15) is 66.5 Å². The number of carbonyl (C=O) groups excluding carboxylic acids is 9. The van der Waals surface area contributed by atoms with Crippen LogP contribution in [-0.4, -0.2) is 148 Å². The first kappa shape index (κ1) is 57.0. The number of cyclic esters (lactones) is 1. The van der Waals surface area contributed by atoms with E-state index in [1.54, 1.807) is 58.0 Å². The van der Waals surface area contributed by atoms with Crippen LogP contribution in [0.4, 0.5) is 0 Å². The Morgan fingerprint density at radius 2 is 1.39 bits per heavy atom. The van der Waals surface area contributed by atoms with E-state index in [1.165, 1.54) is 55.1 Å². The molecular formula is C50H72N8O13. The molecule has 2 heterocycles. The second-order valence-electron chi connectivity index (χ2n) is 19.5. The fourth-order valence-electron chi connectivity index (χ4n) is 8.65. The van der Waals surface area contributed by atoms with Crippen LogP contribution < -0.4 is 32.3 Å². The molecule has 21 nitrogen and oxygen atoms in total. The van der Waals surface area contributed by atoms with E-state index in [0.29, 0.717) is 11.1 Å². The second-order valence-corrected chi connectivity index (χ2v) is 19.5. The highest BCUT2D eigenvalue weighted by atomic mass is 16.5. The van der Waals surface area contributed by atoms with Gasteiger partial charge in [0, 0.05) is 27.0 Å². The Labute approximate surface area is 414 Å². The van der Waals surface area contributed by atoms with Crippen LogP contribution in [0.3, 0.4) is 0 Å². The van der Waals surface area contributed by atoms with Gasteiger partial charge in [-0.15, -0.1) is 0 Å². The van der Waals surface area contributed by atoms with E-state index in [1.807, 2.05) is 13.8 Å². The number of fused-ring (bicyclic) bond motifs is 1. The molecule has 2 aromatic rings. The standard InChI is InChI=1S/C50H72N8O13/c1-26(2)21-34-48(67)57(8)37(23-30-13-11-10-12-14-30)45(64)55-41(28(5)6)50(69)71-29(7)42(47(66)54-35(22-27(3)4)49(68)58-36(44(63)53-34)19-20-40(58)70-9)56-43(62)33(25-39(51)61)52-46(65)38(60)24-31-15-17-32(59)18-16-31/h10-18,26-29,33-38,40-42,59-60H,19-25H2,1-9H3,(H2,51,61)(H,52,65)(H,53,63)(H,54,66)(H,55,64)(H,56,62)/t29-,33+,34+,35+,36-,37+,38-,40-,41+,42+/m1/s1. The van der Waals surface area contributed by atoms with Crippen LogP contribution in [-0.2, 0) is 65.5 Å². The summed E-state index contributed by atoms with van der Waals surface area (Å²) in [4.78, 5) is 130. The normalized spacial score (nSPS) is 25.0. The average molecular weight is 993 g/mol. The van der Waals surface area contributed by atoms with Gasteiger partial charge in [0.2, 0.25) is 47.3 Å². The number of amides is 8. The number of hydrogen-bond donors (Lipinski definition) is 8. The van der Waals surface area contributed by atoms with Crippen molar-refractivity contribution in [3.8, 4) is 5.75 Å². The predicted octanol–water partition coefficient (Wildman–Crippen LogP) is 0.322. The third-order valence-electron chi connectivity index (χ3n) is 12.5. The Bertz CT molecular complexity index is 2210. The van der Waals surface area contributed by atoms with Crippen molar-refractivity contribution in [3.05, 3.63) is 65.7 Å². The molecule has 2 saturated heterocycles. The lowest BCUT2D eigenvalue weighted by Gasteiger charge is -2.35. The number of carbonyl (C=O) groups is 9. The van der Waals surface area contributed by atoms with Gasteiger partial charge in [-0.3, -0.25) is 38.4 Å². The first-order chi connectivity index (χ1) is 33.4. The first-order valence-corrected chi connectivity index (χ1v) is 24.0. The van der Waals surface area contributed by atoms with Crippen LogP contribution in [0.1, 0.15) is 91.7 Å². The molecule has 0 unspecified atom stereocenters. The third-order valence-corrected chi connectivity index (χ3v) is 12.5. The summed E-state index contributed by atoms with van der Waals surface area (Å²) < 4.78 is 11.6. The number of primary amides is 1. The zero-order chi connectivity index (χ0) is 52.9. The van der Waals surface area contributed by atoms with E-state index in [2.05, 4.69) is 26.6 Å². The van der Waals surface area contributed by atoms with E-state index in [9.17, 15) is 53.4 Å². The maximum Gasteiger partial charge on any atom is 0.329 e. The number of aliphatic hydroxyl groups is 1. The molecule has 0 spiro atoms. The molecule has 2 aromatic carbocycles. The number of nitrogens with zero attached hydrogens (tertiary/aromatic N) is 2. The molecule has 0 radical (unpaired) electrons. The van der Waals surface area contributed by atoms with Gasteiger partial charge in [0.05, 0.1) is 6.42 Å². The van der Waals surface area contributed by atoms with Gasteiger partial charge in [0.15, 0.2) is 0 Å². The highest BCUT2D eigenvalue weighted by Gasteiger charge is 2.46. The molecule has 8 amide bonds. The minimum absolute atomic E-state index is 0.00344. The monoisotopic (exact) mass is 993 g/mol. The van der Waals surface area contributed by atoms with Crippen LogP contribution in [0, 0.1) is 17.8 Å². The number of likely N-dealkylation sites (N-methyl/N-ethyl adjacent to an activating group) is 1. The summed E-state index contributed by atoms with van der Waals surface area (Å²) in [6.07, 6.45) is -4.86. The van der Waals surface area contributed by atoms with Crippen LogP contribution in [0.5, 0.6) is 5.75 Å². The minimum Gasteiger partial charge on any atom is -0.508 e. The number of phenols is 1. The summed E-state index contributed by atoms with van der Waals surface area (Å²) in [5, 5.41) is 33.4. The van der Waals surface area contributed by atoms with Crippen molar-refractivity contribution in [1.82, 2.24) is 36.4 Å². The molecule has 2 fully saturated rings. The molecule has 9 N–H and O–H groups in total. The van der Waals surface area contributed by atoms with Crippen LogP contribution in [0.2, 0.25) is 0 Å². The Balaban J connectivity index is 1.83. The van der Waals surface area contributed by atoms with Gasteiger partial charge in [-0.1, -0.05) is 84.0 Å². The Hall–Kier alpha value is -6.61. The van der Waals surface area contributed by atoms with Crippen molar-refractivity contribution in [2.24, 2.45) is 23.5 Å². The van der Waals surface area contributed by atoms with Crippen molar-refractivity contribution in [2.75, 3.05) is 14.2 Å². The molecule has 2 aliphatic heterocycles. The average Bonchev–Trinajstić information content (AvgIpc) is 3.74. The highest BCUT2D eigenvalue weighted by Crippen LogP contribution is 2.28. The number of aromatic hydroxyl groups is 1. The zero-order valence-corrected chi connectivity index (χ0v) is 42.0. The van der Waals surface area contributed by atoms with E-state index >= 15 is 0 Å². The van der Waals surface area contributed by atoms with Crippen molar-refractivity contribution in [3.63, 3.8) is 0 Å². The molecule has 2 aliphatic rings. The van der Waals surface area contributed by atoms with Crippen molar-refractivity contribution in [2.45, 2.75) is 154 Å². The zero-order valence-electron chi connectivity index (χ0n) is 42.0.